The summed E-state index contributed by atoms with van der Waals surface area (Å²) in [6.45, 7) is 1.94. The van der Waals surface area contributed by atoms with E-state index < -0.39 is 5.97 Å². The van der Waals surface area contributed by atoms with Crippen LogP contribution >= 0.6 is 22.9 Å². The van der Waals surface area contributed by atoms with Crippen LogP contribution in [0, 0.1) is 0 Å². The Morgan fingerprint density at radius 1 is 1.27 bits per heavy atom. The van der Waals surface area contributed by atoms with Crippen molar-refractivity contribution >= 4 is 51.1 Å². The van der Waals surface area contributed by atoms with E-state index in [1.54, 1.807) is 31.2 Å². The Morgan fingerprint density at radius 2 is 2.00 bits per heavy atom. The second-order valence-corrected chi connectivity index (χ2v) is 7.01. The number of hydrogen-bond donors (Lipinski definition) is 1. The second-order valence-electron chi connectivity index (χ2n) is 5.61. The third-order valence-corrected chi connectivity index (χ3v) is 5.73. The van der Waals surface area contributed by atoms with E-state index in [1.807, 2.05) is 6.07 Å². The van der Waals surface area contributed by atoms with Crippen LogP contribution in [-0.4, -0.2) is 24.8 Å². The molecule has 1 aromatic carbocycles. The third kappa shape index (κ3) is 3.43. The van der Waals surface area contributed by atoms with Gasteiger partial charge in [-0.25, -0.2) is 4.79 Å². The highest BCUT2D eigenvalue weighted by Gasteiger charge is 2.30. The van der Waals surface area contributed by atoms with Gasteiger partial charge in [-0.3, -0.25) is 9.59 Å². The molecule has 0 bridgehead atoms. The van der Waals surface area contributed by atoms with Crippen molar-refractivity contribution in [2.45, 2.75) is 19.8 Å². The van der Waals surface area contributed by atoms with E-state index in [1.165, 1.54) is 11.3 Å². The van der Waals surface area contributed by atoms with E-state index in [9.17, 15) is 14.4 Å². The Bertz CT molecular complexity index is 902. The fourth-order valence-corrected chi connectivity index (χ4v) is 4.35. The van der Waals surface area contributed by atoms with E-state index in [4.69, 9.17) is 16.3 Å². The lowest BCUT2D eigenvalue weighted by molar-refractivity contribution is -0.105. The number of halogens is 1. The summed E-state index contributed by atoms with van der Waals surface area (Å²) in [6, 6.07) is 8.71. The van der Waals surface area contributed by atoms with Crippen molar-refractivity contribution in [3.05, 3.63) is 57.5 Å². The maximum absolute atomic E-state index is 12.5. The van der Waals surface area contributed by atoms with Crippen LogP contribution in [0.1, 0.15) is 44.5 Å². The molecule has 0 saturated heterocycles. The molecule has 0 atom stereocenters. The third-order valence-electron chi connectivity index (χ3n) is 4.02. The molecule has 1 aliphatic rings. The van der Waals surface area contributed by atoms with E-state index in [0.29, 0.717) is 50.0 Å². The number of aldehydes is 1. The van der Waals surface area contributed by atoms with Crippen molar-refractivity contribution in [2.24, 2.45) is 0 Å². The number of esters is 1. The monoisotopic (exact) mass is 389 g/mol. The number of ether oxygens (including phenoxy) is 1. The molecule has 7 heteroatoms. The number of carbonyl (C=O) groups excluding carboxylic acids is 3. The molecule has 0 aliphatic heterocycles. The molecule has 26 heavy (non-hydrogen) atoms. The number of hydrogen-bond acceptors (Lipinski definition) is 5. The smallest absolute Gasteiger partial charge is 0.341 e. The number of nitrogens with one attached hydrogen (secondary N) is 1. The lowest BCUT2D eigenvalue weighted by Crippen LogP contribution is -2.15. The van der Waals surface area contributed by atoms with Gasteiger partial charge < -0.3 is 10.1 Å². The molecule has 0 fully saturated rings. The van der Waals surface area contributed by atoms with Gasteiger partial charge in [0.25, 0.3) is 5.91 Å². The standard InChI is InChI=1S/C19H16ClNO4S/c1-2-25-19(24)14-13-9-8-12(10-22)15(20)16(13)26-18(14)21-17(23)11-6-4-3-5-7-11/h3-7,10H,2,8-9H2,1H3,(H,21,23). The van der Waals surface area contributed by atoms with E-state index in [2.05, 4.69) is 5.32 Å². The maximum Gasteiger partial charge on any atom is 0.341 e. The first kappa shape index (κ1) is 18.4. The molecule has 134 valence electrons. The highest BCUT2D eigenvalue weighted by molar-refractivity contribution is 7.18. The van der Waals surface area contributed by atoms with Crippen molar-refractivity contribution < 1.29 is 19.1 Å². The molecule has 0 radical (unpaired) electrons. The molecule has 1 amide bonds. The minimum atomic E-state index is -0.507. The Morgan fingerprint density at radius 3 is 2.65 bits per heavy atom. The van der Waals surface area contributed by atoms with Gasteiger partial charge in [0.05, 0.1) is 22.1 Å². The molecular weight excluding hydrogens is 374 g/mol. The van der Waals surface area contributed by atoms with Crippen LogP contribution in [-0.2, 0) is 16.0 Å². The molecule has 5 nitrogen and oxygen atoms in total. The van der Waals surface area contributed by atoms with Gasteiger partial charge in [-0.1, -0.05) is 29.8 Å². The van der Waals surface area contributed by atoms with Crippen molar-refractivity contribution in [1.29, 1.82) is 0 Å². The summed E-state index contributed by atoms with van der Waals surface area (Å²) >= 11 is 7.51. The average Bonchev–Trinajstić information content (AvgIpc) is 3.02. The molecule has 0 saturated carbocycles. The summed E-state index contributed by atoms with van der Waals surface area (Å²) in [6.07, 6.45) is 1.67. The number of anilines is 1. The zero-order chi connectivity index (χ0) is 18.7. The van der Waals surface area contributed by atoms with Gasteiger partial charge in [-0.05, 0) is 37.5 Å². The van der Waals surface area contributed by atoms with Crippen LogP contribution < -0.4 is 5.32 Å². The van der Waals surface area contributed by atoms with Crippen molar-refractivity contribution in [1.82, 2.24) is 0 Å². The minimum absolute atomic E-state index is 0.221. The molecule has 0 spiro atoms. The predicted octanol–water partition coefficient (Wildman–Crippen LogP) is 4.27. The van der Waals surface area contributed by atoms with Crippen LogP contribution in [0.5, 0.6) is 0 Å². The predicted molar refractivity (Wildman–Crippen MR) is 102 cm³/mol. The lowest BCUT2D eigenvalue weighted by atomic mass is 9.95. The highest BCUT2D eigenvalue weighted by Crippen LogP contribution is 2.44. The van der Waals surface area contributed by atoms with Crippen molar-refractivity contribution in [2.75, 3.05) is 11.9 Å². The average molecular weight is 390 g/mol. The first-order chi connectivity index (χ1) is 12.6. The minimum Gasteiger partial charge on any atom is -0.462 e. The number of carbonyl (C=O) groups is 3. The van der Waals surface area contributed by atoms with Crippen LogP contribution in [0.2, 0.25) is 0 Å². The summed E-state index contributed by atoms with van der Waals surface area (Å²) in [5, 5.41) is 3.50. The molecule has 1 aliphatic carbocycles. The SMILES string of the molecule is CCOC(=O)c1c(NC(=O)c2ccccc2)sc2c1CCC(C=O)=C2Cl. The highest BCUT2D eigenvalue weighted by atomic mass is 35.5. The van der Waals surface area contributed by atoms with Gasteiger partial charge in [0.1, 0.15) is 11.3 Å². The van der Waals surface area contributed by atoms with Crippen LogP contribution in [0.3, 0.4) is 0 Å². The Balaban J connectivity index is 2.04. The number of amides is 1. The number of rotatable bonds is 5. The quantitative estimate of drug-likeness (QED) is 0.612. The van der Waals surface area contributed by atoms with Gasteiger partial charge in [0.2, 0.25) is 0 Å². The van der Waals surface area contributed by atoms with E-state index in [0.717, 1.165) is 6.29 Å². The number of fused-ring (bicyclic) bond motifs is 1. The molecule has 3 rings (SSSR count). The summed E-state index contributed by atoms with van der Waals surface area (Å²) < 4.78 is 5.16. The summed E-state index contributed by atoms with van der Waals surface area (Å²) in [5.41, 5.74) is 2.01. The molecule has 0 unspecified atom stereocenters. The van der Waals surface area contributed by atoms with Crippen molar-refractivity contribution in [3.63, 3.8) is 0 Å². The molecule has 1 N–H and O–H groups in total. The summed E-state index contributed by atoms with van der Waals surface area (Å²) in [7, 11) is 0. The van der Waals surface area contributed by atoms with Crippen LogP contribution in [0.25, 0.3) is 5.03 Å². The van der Waals surface area contributed by atoms with Crippen LogP contribution in [0.15, 0.2) is 35.9 Å². The van der Waals surface area contributed by atoms with Gasteiger partial charge in [0, 0.05) is 11.1 Å². The van der Waals surface area contributed by atoms with Gasteiger partial charge in [-0.2, -0.15) is 0 Å². The Kier molecular flexibility index (Phi) is 5.54. The lowest BCUT2D eigenvalue weighted by Gasteiger charge is -2.14. The zero-order valence-electron chi connectivity index (χ0n) is 14.0. The zero-order valence-corrected chi connectivity index (χ0v) is 15.6. The van der Waals surface area contributed by atoms with Gasteiger partial charge in [0.15, 0.2) is 0 Å². The first-order valence-corrected chi connectivity index (χ1v) is 9.29. The maximum atomic E-state index is 12.5. The number of allylic oxidation sites excluding steroid dienone is 1. The van der Waals surface area contributed by atoms with Crippen molar-refractivity contribution in [3.8, 4) is 0 Å². The van der Waals surface area contributed by atoms with E-state index in [-0.39, 0.29) is 12.5 Å². The van der Waals surface area contributed by atoms with Gasteiger partial charge in [-0.15, -0.1) is 11.3 Å². The Labute approximate surface area is 159 Å². The molecule has 2 aromatic rings. The fraction of sp³-hybridized carbons (Fsp3) is 0.211. The summed E-state index contributed by atoms with van der Waals surface area (Å²) in [5.74, 6) is -0.835. The second kappa shape index (κ2) is 7.85. The first-order valence-electron chi connectivity index (χ1n) is 8.10. The topological polar surface area (TPSA) is 72.5 Å². The number of thiophene rings is 1. The number of benzene rings is 1. The Hall–Kier alpha value is -2.44. The van der Waals surface area contributed by atoms with Gasteiger partial charge >= 0.3 is 5.97 Å². The molecular formula is C19H16ClNO4S. The van der Waals surface area contributed by atoms with E-state index >= 15 is 0 Å². The largest absolute Gasteiger partial charge is 0.462 e. The molecule has 1 aromatic heterocycles. The molecule has 1 heterocycles. The summed E-state index contributed by atoms with van der Waals surface area (Å²) in [4.78, 5) is 36.8. The van der Waals surface area contributed by atoms with Crippen LogP contribution in [0.4, 0.5) is 5.00 Å². The normalized spacial score (nSPS) is 13.2. The fourth-order valence-electron chi connectivity index (χ4n) is 2.78.